The molecule has 0 aromatic rings. The van der Waals surface area contributed by atoms with E-state index in [0.717, 1.165) is 0 Å². The second-order valence-corrected chi connectivity index (χ2v) is 6.21. The standard InChI is InChI=1S/C3HF8NO4S2.K.H/c4-1(5,6)2(7,8)17(13,14)12-18(15,16)3(9,10)11;;/h12H;;/q;+1;-1. The van der Waals surface area contributed by atoms with Gasteiger partial charge in [0.25, 0.3) is 0 Å². The van der Waals surface area contributed by atoms with Crippen LogP contribution in [-0.4, -0.2) is 33.8 Å². The van der Waals surface area contributed by atoms with Crippen LogP contribution in [0.15, 0.2) is 0 Å². The third-order valence-corrected chi connectivity index (χ3v) is 4.46. The van der Waals surface area contributed by atoms with Crippen LogP contribution in [-0.2, 0) is 20.0 Å². The van der Waals surface area contributed by atoms with Gasteiger partial charge in [0.15, 0.2) is 0 Å². The normalized spacial score (nSPS) is 14.9. The van der Waals surface area contributed by atoms with Crippen LogP contribution in [0.3, 0.4) is 0 Å². The van der Waals surface area contributed by atoms with Crippen molar-refractivity contribution >= 4 is 20.0 Å². The van der Waals surface area contributed by atoms with Gasteiger partial charge >= 0.3 is 88.4 Å². The topological polar surface area (TPSA) is 80.3 Å². The zero-order valence-corrected chi connectivity index (χ0v) is 13.2. The molecule has 0 heterocycles. The first-order valence-corrected chi connectivity index (χ1v) is 6.21. The zero-order valence-electron chi connectivity index (χ0n) is 9.47. The molecule has 0 bridgehead atoms. The second-order valence-electron chi connectivity index (χ2n) is 2.55. The van der Waals surface area contributed by atoms with E-state index in [2.05, 4.69) is 0 Å². The Balaban J connectivity index is -0.00000144. The number of nitrogens with one attached hydrogen (secondary N) is 1. The molecule has 0 aliphatic rings. The Hall–Kier alpha value is 0.936. The molecule has 0 saturated heterocycles. The third kappa shape index (κ3) is 4.72. The number of sulfonamides is 2. The van der Waals surface area contributed by atoms with Gasteiger partial charge in [-0.15, -0.1) is 0 Å². The predicted molar refractivity (Wildman–Crippen MR) is 39.1 cm³/mol. The predicted octanol–water partition coefficient (Wildman–Crippen LogP) is -1.97. The van der Waals surface area contributed by atoms with Crippen LogP contribution in [0, 0.1) is 0 Å². The summed E-state index contributed by atoms with van der Waals surface area (Å²) in [6, 6.07) is 0. The van der Waals surface area contributed by atoms with Crippen molar-refractivity contribution in [3.8, 4) is 0 Å². The molecule has 0 aliphatic carbocycles. The van der Waals surface area contributed by atoms with Crippen molar-refractivity contribution in [2.24, 2.45) is 0 Å². The summed E-state index contributed by atoms with van der Waals surface area (Å²) in [5.74, 6) is 0. The van der Waals surface area contributed by atoms with Gasteiger partial charge in [0.05, 0.1) is 0 Å². The molecule has 0 amide bonds. The van der Waals surface area contributed by atoms with Crippen molar-refractivity contribution in [3.05, 3.63) is 0 Å². The monoisotopic (exact) mass is 371 g/mol. The Morgan fingerprint density at radius 2 is 1.05 bits per heavy atom. The first-order valence-electron chi connectivity index (χ1n) is 3.25. The summed E-state index contributed by atoms with van der Waals surface area (Å²) in [6.45, 7) is 0. The van der Waals surface area contributed by atoms with E-state index in [-0.39, 0.29) is 52.8 Å². The van der Waals surface area contributed by atoms with E-state index in [4.69, 9.17) is 0 Å². The van der Waals surface area contributed by atoms with Crippen LogP contribution in [0.2, 0.25) is 0 Å². The largest absolute Gasteiger partial charge is 1.00 e. The average molecular weight is 371 g/mol. The van der Waals surface area contributed by atoms with Crippen LogP contribution >= 0.6 is 0 Å². The van der Waals surface area contributed by atoms with Gasteiger partial charge in [-0.05, 0) is 0 Å². The van der Waals surface area contributed by atoms with Gasteiger partial charge in [-0.3, -0.25) is 0 Å². The fraction of sp³-hybridized carbons (Fsp3) is 1.00. The maximum atomic E-state index is 12.2. The average Bonchev–Trinajstić information content (AvgIpc) is 1.96. The van der Waals surface area contributed by atoms with E-state index in [0.29, 0.717) is 0 Å². The van der Waals surface area contributed by atoms with Gasteiger partial charge in [-0.25, -0.2) is 16.8 Å². The molecule has 0 fully saturated rings. The Kier molecular flexibility index (Phi) is 6.99. The summed E-state index contributed by atoms with van der Waals surface area (Å²) in [6.07, 6.45) is -6.79. The number of rotatable bonds is 3. The molecule has 0 radical (unpaired) electrons. The molecular formula is C3H2F8KNO4S2. The Morgan fingerprint density at radius 1 is 0.737 bits per heavy atom. The molecule has 0 aromatic heterocycles. The number of hydrogen-bond acceptors (Lipinski definition) is 4. The molecule has 0 atom stereocenters. The van der Waals surface area contributed by atoms with E-state index >= 15 is 0 Å². The fourth-order valence-corrected chi connectivity index (χ4v) is 2.65. The summed E-state index contributed by atoms with van der Waals surface area (Å²) >= 11 is 0. The quantitative estimate of drug-likeness (QED) is 0.461. The molecule has 19 heavy (non-hydrogen) atoms. The van der Waals surface area contributed by atoms with Crippen molar-refractivity contribution in [3.63, 3.8) is 0 Å². The SMILES string of the molecule is O=S(=O)(NS(=O)(=O)C(F)(F)C(F)(F)F)C(F)(F)F.[H-].[K+]. The van der Waals surface area contributed by atoms with Crippen molar-refractivity contribution < 1.29 is 105 Å². The molecule has 16 heteroatoms. The summed E-state index contributed by atoms with van der Waals surface area (Å²) < 4.78 is 134. The molecule has 0 saturated carbocycles. The first kappa shape index (κ1) is 22.2. The van der Waals surface area contributed by atoms with Gasteiger partial charge in [0, 0.05) is 0 Å². The Bertz CT molecular complexity index is 523. The summed E-state index contributed by atoms with van der Waals surface area (Å²) in [5, 5.41) is -6.71. The van der Waals surface area contributed by atoms with Crippen molar-refractivity contribution in [1.29, 1.82) is 0 Å². The molecule has 0 spiro atoms. The zero-order chi connectivity index (χ0) is 15.2. The Morgan fingerprint density at radius 3 is 1.26 bits per heavy atom. The fourth-order valence-electron chi connectivity index (χ4n) is 0.396. The molecule has 0 aromatic carbocycles. The molecule has 0 rings (SSSR count). The van der Waals surface area contributed by atoms with Crippen LogP contribution in [0.25, 0.3) is 0 Å². The first-order chi connectivity index (χ1) is 7.46. The molecular weight excluding hydrogens is 369 g/mol. The maximum absolute atomic E-state index is 12.2. The van der Waals surface area contributed by atoms with Gasteiger partial charge < -0.3 is 1.43 Å². The summed E-state index contributed by atoms with van der Waals surface area (Å²) in [5.41, 5.74) is -6.37. The van der Waals surface area contributed by atoms with Gasteiger partial charge in [0.2, 0.25) is 0 Å². The molecule has 112 valence electrons. The van der Waals surface area contributed by atoms with E-state index in [1.165, 1.54) is 0 Å². The van der Waals surface area contributed by atoms with Gasteiger partial charge in [0.1, 0.15) is 0 Å². The van der Waals surface area contributed by atoms with E-state index in [1.54, 1.807) is 0 Å². The smallest absolute Gasteiger partial charge is 1.00 e. The molecule has 1 N–H and O–H groups in total. The van der Waals surface area contributed by atoms with Crippen molar-refractivity contribution in [1.82, 2.24) is 4.13 Å². The van der Waals surface area contributed by atoms with E-state index in [1.807, 2.05) is 0 Å². The van der Waals surface area contributed by atoms with Gasteiger partial charge in [-0.2, -0.15) is 35.1 Å². The number of alkyl halides is 8. The second kappa shape index (κ2) is 5.97. The summed E-state index contributed by atoms with van der Waals surface area (Å²) in [7, 11) is -14.1. The maximum Gasteiger partial charge on any atom is 1.00 e. The van der Waals surface area contributed by atoms with Gasteiger partial charge in [-0.1, -0.05) is 4.13 Å². The number of halogens is 8. The van der Waals surface area contributed by atoms with E-state index < -0.39 is 41.1 Å². The van der Waals surface area contributed by atoms with Crippen LogP contribution in [0.1, 0.15) is 1.43 Å². The Labute approximate surface area is 144 Å². The summed E-state index contributed by atoms with van der Waals surface area (Å²) in [4.78, 5) is 0. The van der Waals surface area contributed by atoms with Crippen LogP contribution in [0.4, 0.5) is 35.1 Å². The third-order valence-electron chi connectivity index (χ3n) is 1.19. The van der Waals surface area contributed by atoms with E-state index in [9.17, 15) is 52.0 Å². The van der Waals surface area contributed by atoms with Crippen molar-refractivity contribution in [2.45, 2.75) is 16.9 Å². The minimum Gasteiger partial charge on any atom is -1.00 e. The minimum atomic E-state index is -7.17. The molecule has 0 unspecified atom stereocenters. The molecule has 0 aliphatic heterocycles. The molecule has 5 nitrogen and oxygen atoms in total. The van der Waals surface area contributed by atoms with Crippen LogP contribution < -0.4 is 55.5 Å². The minimum absolute atomic E-state index is 0. The van der Waals surface area contributed by atoms with Crippen molar-refractivity contribution in [2.75, 3.05) is 0 Å². The van der Waals surface area contributed by atoms with Crippen LogP contribution in [0.5, 0.6) is 0 Å². The number of hydrogen-bond donors (Lipinski definition) is 1.